The van der Waals surface area contributed by atoms with Crippen molar-refractivity contribution in [2.24, 2.45) is 0 Å². The highest BCUT2D eigenvalue weighted by Crippen LogP contribution is 2.13. The largest absolute Gasteiger partial charge is 0.466 e. The van der Waals surface area contributed by atoms with E-state index in [1.54, 1.807) is 0 Å². The Morgan fingerprint density at radius 3 is 1.49 bits per heavy atom. The number of esters is 1. The van der Waals surface area contributed by atoms with Crippen LogP contribution in [0.3, 0.4) is 0 Å². The van der Waals surface area contributed by atoms with Gasteiger partial charge >= 0.3 is 12.1 Å². The summed E-state index contributed by atoms with van der Waals surface area (Å²) >= 11 is 0. The Labute approximate surface area is 255 Å². The summed E-state index contributed by atoms with van der Waals surface area (Å²) in [4.78, 5) is 26.7. The molecule has 0 unspecified atom stereocenters. The summed E-state index contributed by atoms with van der Waals surface area (Å²) in [7, 11) is 0. The van der Waals surface area contributed by atoms with Crippen LogP contribution in [-0.2, 0) is 14.3 Å². The SMILES string of the molecule is CCCCCCCCCCCCCCN(CCNC(=O)OC(C)(C)C)CCC(=O)OCCCCCCCCCCC. The highest BCUT2D eigenvalue weighted by atomic mass is 16.6. The van der Waals surface area contributed by atoms with E-state index in [0.717, 1.165) is 25.8 Å². The number of hydrogen-bond donors (Lipinski definition) is 1. The number of nitrogens with one attached hydrogen (secondary N) is 1. The molecule has 0 radical (unpaired) electrons. The monoisotopic (exact) mass is 583 g/mol. The van der Waals surface area contributed by atoms with Crippen LogP contribution in [0.2, 0.25) is 0 Å². The van der Waals surface area contributed by atoms with Gasteiger partial charge in [0, 0.05) is 19.6 Å². The second kappa shape index (κ2) is 28.8. The molecule has 0 fully saturated rings. The van der Waals surface area contributed by atoms with Crippen molar-refractivity contribution in [2.45, 2.75) is 181 Å². The number of hydrogen-bond acceptors (Lipinski definition) is 5. The summed E-state index contributed by atoms with van der Waals surface area (Å²) in [6.45, 7) is 13.5. The number of amides is 1. The topological polar surface area (TPSA) is 67.9 Å². The molecular formula is C35H70N2O4. The lowest BCUT2D eigenvalue weighted by Crippen LogP contribution is -2.39. The molecule has 41 heavy (non-hydrogen) atoms. The van der Waals surface area contributed by atoms with E-state index < -0.39 is 5.60 Å². The molecule has 0 aliphatic heterocycles. The molecule has 244 valence electrons. The maximum absolute atomic E-state index is 12.4. The summed E-state index contributed by atoms with van der Waals surface area (Å²) in [6.07, 6.45) is 27.3. The number of carbonyl (C=O) groups is 2. The molecule has 0 aliphatic carbocycles. The van der Waals surface area contributed by atoms with E-state index >= 15 is 0 Å². The van der Waals surface area contributed by atoms with E-state index in [9.17, 15) is 9.59 Å². The zero-order valence-corrected chi connectivity index (χ0v) is 28.2. The van der Waals surface area contributed by atoms with E-state index in [1.165, 1.54) is 116 Å². The van der Waals surface area contributed by atoms with Crippen molar-refractivity contribution < 1.29 is 19.1 Å². The molecule has 0 saturated carbocycles. The lowest BCUT2D eigenvalue weighted by atomic mass is 10.1. The van der Waals surface area contributed by atoms with E-state index in [2.05, 4.69) is 24.1 Å². The molecule has 1 amide bonds. The highest BCUT2D eigenvalue weighted by molar-refractivity contribution is 5.69. The predicted octanol–water partition coefficient (Wildman–Crippen LogP) is 9.98. The molecule has 0 saturated heterocycles. The summed E-state index contributed by atoms with van der Waals surface area (Å²) < 4.78 is 10.9. The quantitative estimate of drug-likeness (QED) is 0.0702. The van der Waals surface area contributed by atoms with Crippen LogP contribution in [0.4, 0.5) is 4.79 Å². The van der Waals surface area contributed by atoms with Crippen LogP contribution >= 0.6 is 0 Å². The van der Waals surface area contributed by atoms with Gasteiger partial charge in [-0.25, -0.2) is 4.79 Å². The summed E-state index contributed by atoms with van der Waals surface area (Å²) in [6, 6.07) is 0. The first kappa shape index (κ1) is 39.7. The van der Waals surface area contributed by atoms with E-state index in [-0.39, 0.29) is 12.1 Å². The van der Waals surface area contributed by atoms with Gasteiger partial charge in [0.2, 0.25) is 0 Å². The standard InChI is InChI=1S/C35H70N2O4/c1-6-8-10-12-14-16-17-18-19-21-23-25-29-37(31-28-36-34(39)41-35(3,4)5)30-27-33(38)40-32-26-24-22-20-15-13-11-9-7-2/h6-32H2,1-5H3,(H,36,39). The minimum absolute atomic E-state index is 0.107. The Balaban J connectivity index is 4.13. The van der Waals surface area contributed by atoms with Crippen molar-refractivity contribution in [3.63, 3.8) is 0 Å². The van der Waals surface area contributed by atoms with Crippen LogP contribution < -0.4 is 5.32 Å². The van der Waals surface area contributed by atoms with Crippen LogP contribution in [0.15, 0.2) is 0 Å². The average Bonchev–Trinajstić information content (AvgIpc) is 2.92. The number of nitrogens with zero attached hydrogens (tertiary/aromatic N) is 1. The Hall–Kier alpha value is -1.30. The molecule has 0 aromatic carbocycles. The van der Waals surface area contributed by atoms with Gasteiger partial charge in [-0.05, 0) is 40.2 Å². The Bertz CT molecular complexity index is 591. The van der Waals surface area contributed by atoms with Crippen molar-refractivity contribution in [1.82, 2.24) is 10.2 Å². The van der Waals surface area contributed by atoms with Crippen molar-refractivity contribution in [3.8, 4) is 0 Å². The number of ether oxygens (including phenoxy) is 2. The molecule has 0 bridgehead atoms. The summed E-state index contributed by atoms with van der Waals surface area (Å²) in [5, 5.41) is 2.86. The van der Waals surface area contributed by atoms with Crippen molar-refractivity contribution in [1.29, 1.82) is 0 Å². The van der Waals surface area contributed by atoms with Gasteiger partial charge in [-0.15, -0.1) is 0 Å². The smallest absolute Gasteiger partial charge is 0.407 e. The predicted molar refractivity (Wildman–Crippen MR) is 175 cm³/mol. The zero-order chi connectivity index (χ0) is 30.4. The van der Waals surface area contributed by atoms with Gasteiger partial charge in [-0.2, -0.15) is 0 Å². The lowest BCUT2D eigenvalue weighted by molar-refractivity contribution is -0.144. The fraction of sp³-hybridized carbons (Fsp3) is 0.943. The number of unbranched alkanes of at least 4 members (excludes halogenated alkanes) is 19. The first-order valence-electron chi connectivity index (χ1n) is 17.6. The van der Waals surface area contributed by atoms with Gasteiger partial charge in [0.25, 0.3) is 0 Å². The maximum Gasteiger partial charge on any atom is 0.407 e. The minimum atomic E-state index is -0.503. The molecule has 6 nitrogen and oxygen atoms in total. The van der Waals surface area contributed by atoms with Gasteiger partial charge in [0.15, 0.2) is 0 Å². The zero-order valence-electron chi connectivity index (χ0n) is 28.2. The molecule has 0 heterocycles. The van der Waals surface area contributed by atoms with E-state index in [0.29, 0.717) is 32.7 Å². The molecule has 0 rings (SSSR count). The second-order valence-electron chi connectivity index (χ2n) is 13.0. The highest BCUT2D eigenvalue weighted by Gasteiger charge is 2.16. The van der Waals surface area contributed by atoms with Gasteiger partial charge in [0.1, 0.15) is 5.60 Å². The molecule has 0 atom stereocenters. The van der Waals surface area contributed by atoms with Crippen molar-refractivity contribution in [2.75, 3.05) is 32.8 Å². The maximum atomic E-state index is 12.4. The van der Waals surface area contributed by atoms with Crippen LogP contribution in [0, 0.1) is 0 Å². The van der Waals surface area contributed by atoms with E-state index in [1.807, 2.05) is 20.8 Å². The number of rotatable bonds is 29. The third kappa shape index (κ3) is 31.5. The van der Waals surface area contributed by atoms with Gasteiger partial charge in [-0.1, -0.05) is 136 Å². The molecule has 0 spiro atoms. The van der Waals surface area contributed by atoms with E-state index in [4.69, 9.17) is 9.47 Å². The van der Waals surface area contributed by atoms with Gasteiger partial charge < -0.3 is 19.7 Å². The third-order valence-corrected chi connectivity index (χ3v) is 7.57. The van der Waals surface area contributed by atoms with Gasteiger partial charge in [-0.3, -0.25) is 4.79 Å². The first-order valence-corrected chi connectivity index (χ1v) is 17.6. The average molecular weight is 583 g/mol. The molecule has 1 N–H and O–H groups in total. The minimum Gasteiger partial charge on any atom is -0.466 e. The van der Waals surface area contributed by atoms with Crippen molar-refractivity contribution in [3.05, 3.63) is 0 Å². The van der Waals surface area contributed by atoms with Crippen LogP contribution in [0.1, 0.15) is 176 Å². The van der Waals surface area contributed by atoms with Crippen LogP contribution in [0.25, 0.3) is 0 Å². The Morgan fingerprint density at radius 1 is 0.585 bits per heavy atom. The fourth-order valence-corrected chi connectivity index (χ4v) is 5.06. The third-order valence-electron chi connectivity index (χ3n) is 7.57. The first-order chi connectivity index (χ1) is 19.8. The fourth-order valence-electron chi connectivity index (χ4n) is 5.06. The number of alkyl carbamates (subject to hydrolysis) is 1. The van der Waals surface area contributed by atoms with Crippen molar-refractivity contribution >= 4 is 12.1 Å². The second-order valence-corrected chi connectivity index (χ2v) is 13.0. The van der Waals surface area contributed by atoms with Crippen LogP contribution in [0.5, 0.6) is 0 Å². The summed E-state index contributed by atoms with van der Waals surface area (Å²) in [5.41, 5.74) is -0.503. The molecule has 0 aromatic heterocycles. The molecule has 6 heteroatoms. The van der Waals surface area contributed by atoms with Crippen LogP contribution in [-0.4, -0.2) is 55.3 Å². The normalized spacial score (nSPS) is 11.7. The molecule has 0 aromatic rings. The Morgan fingerprint density at radius 2 is 1.02 bits per heavy atom. The lowest BCUT2D eigenvalue weighted by Gasteiger charge is -2.23. The molecule has 0 aliphatic rings. The number of carbonyl (C=O) groups excluding carboxylic acids is 2. The summed E-state index contributed by atoms with van der Waals surface area (Å²) in [5.74, 6) is -0.107. The molecular weight excluding hydrogens is 512 g/mol. The van der Waals surface area contributed by atoms with Gasteiger partial charge in [0.05, 0.1) is 13.0 Å². The Kier molecular flexibility index (Phi) is 27.9.